The van der Waals surface area contributed by atoms with Gasteiger partial charge >= 0.3 is 0 Å². The SMILES string of the molecule is [2H]c1c([2H])c([2H])c(-c2c([2H])c([2H])c(N(c3ccc(-c4ccc5ccccc5c4-c4ccccc4)cc3)c3c([2H])c([2H])c(-c4cccc5ccccc45)c([2H])c3[2H])c([2H])c2[2H])c([2H])c1[2H]. The van der Waals surface area contributed by atoms with E-state index in [1.165, 1.54) is 4.90 Å². The maximum atomic E-state index is 9.53. The van der Waals surface area contributed by atoms with Gasteiger partial charge in [0.05, 0.1) is 17.8 Å². The molecule has 0 aliphatic carbocycles. The van der Waals surface area contributed by atoms with Crippen LogP contribution in [-0.4, -0.2) is 0 Å². The Labute approximate surface area is 317 Å². The lowest BCUT2D eigenvalue weighted by atomic mass is 9.90. The van der Waals surface area contributed by atoms with Gasteiger partial charge in [0.2, 0.25) is 0 Å². The van der Waals surface area contributed by atoms with E-state index < -0.39 is 95.4 Å². The number of fused-ring (bicyclic) bond motifs is 2. The highest BCUT2D eigenvalue weighted by Crippen LogP contribution is 2.41. The van der Waals surface area contributed by atoms with Gasteiger partial charge in [-0.2, -0.15) is 0 Å². The van der Waals surface area contributed by atoms with Gasteiger partial charge in [-0.25, -0.2) is 0 Å². The van der Waals surface area contributed by atoms with Crippen LogP contribution < -0.4 is 4.90 Å². The van der Waals surface area contributed by atoms with Crippen LogP contribution in [0.15, 0.2) is 212 Å². The van der Waals surface area contributed by atoms with E-state index in [1.54, 1.807) is 36.4 Å². The second-order valence-electron chi connectivity index (χ2n) is 11.9. The predicted octanol–water partition coefficient (Wildman–Crippen LogP) is 14.1. The lowest BCUT2D eigenvalue weighted by Gasteiger charge is -2.26. The number of hydrogen-bond donors (Lipinski definition) is 0. The van der Waals surface area contributed by atoms with Crippen LogP contribution in [0.5, 0.6) is 0 Å². The fourth-order valence-corrected chi connectivity index (χ4v) is 6.50. The lowest BCUT2D eigenvalue weighted by molar-refractivity contribution is 1.28. The molecule has 0 N–H and O–H groups in total. The Kier molecular flexibility index (Phi) is 5.08. The van der Waals surface area contributed by atoms with Crippen LogP contribution in [0, 0.1) is 0 Å². The van der Waals surface area contributed by atoms with Gasteiger partial charge in [0, 0.05) is 17.1 Å². The zero-order valence-corrected chi connectivity index (χ0v) is 27.1. The first-order valence-corrected chi connectivity index (χ1v) is 16.5. The van der Waals surface area contributed by atoms with Gasteiger partial charge in [-0.05, 0) is 102 Å². The van der Waals surface area contributed by atoms with Crippen LogP contribution in [0.2, 0.25) is 0 Å². The van der Waals surface area contributed by atoms with Gasteiger partial charge in [-0.15, -0.1) is 0 Å². The Morgan fingerprint density at radius 2 is 0.882 bits per heavy atom. The molecule has 0 aliphatic rings. The number of hydrogen-bond acceptors (Lipinski definition) is 1. The van der Waals surface area contributed by atoms with E-state index in [0.717, 1.165) is 38.4 Å². The topological polar surface area (TPSA) is 3.24 Å². The van der Waals surface area contributed by atoms with Crippen LogP contribution in [0.1, 0.15) is 17.8 Å². The molecule has 0 unspecified atom stereocenters. The standard InChI is InChI=1S/C50H35N/c1-3-12-36(13-4-1)37-22-29-43(30-23-37)51(44-31-24-40(25-32-44)47-21-11-18-38-14-7-9-19-46(38)47)45-33-26-41(27-34-45)49-35-28-39-15-8-10-20-48(39)50(49)42-16-5-2-6-17-42/h1-35H/i1D,3D,4D,12D,13D,22D,23D,24D,25D,29D,30D,31D,32D. The molecule has 0 bridgehead atoms. The second kappa shape index (κ2) is 13.3. The van der Waals surface area contributed by atoms with Crippen molar-refractivity contribution >= 4 is 38.6 Å². The number of rotatable bonds is 7. The van der Waals surface area contributed by atoms with Gasteiger partial charge in [0.25, 0.3) is 0 Å². The summed E-state index contributed by atoms with van der Waals surface area (Å²) in [6.45, 7) is 0. The molecule has 9 rings (SSSR count). The highest BCUT2D eigenvalue weighted by Gasteiger charge is 2.16. The summed E-state index contributed by atoms with van der Waals surface area (Å²) in [5, 5.41) is 3.60. The van der Waals surface area contributed by atoms with Crippen molar-refractivity contribution in [3.8, 4) is 44.5 Å². The smallest absolute Gasteiger partial charge is 0.0645 e. The van der Waals surface area contributed by atoms with Gasteiger partial charge in [0.15, 0.2) is 0 Å². The number of nitrogens with zero attached hydrogens (tertiary/aromatic N) is 1. The lowest BCUT2D eigenvalue weighted by Crippen LogP contribution is -2.09. The molecular formula is C50H35N. The van der Waals surface area contributed by atoms with Crippen molar-refractivity contribution in [2.45, 2.75) is 0 Å². The van der Waals surface area contributed by atoms with Crippen molar-refractivity contribution in [3.63, 3.8) is 0 Å². The zero-order valence-electron chi connectivity index (χ0n) is 40.1. The summed E-state index contributed by atoms with van der Waals surface area (Å²) < 4.78 is 117. The molecule has 51 heavy (non-hydrogen) atoms. The van der Waals surface area contributed by atoms with Crippen molar-refractivity contribution in [1.29, 1.82) is 0 Å². The molecule has 0 radical (unpaired) electrons. The van der Waals surface area contributed by atoms with E-state index in [2.05, 4.69) is 6.07 Å². The van der Waals surface area contributed by atoms with Crippen LogP contribution in [0.25, 0.3) is 66.1 Å². The maximum Gasteiger partial charge on any atom is 0.0645 e. The van der Waals surface area contributed by atoms with Crippen molar-refractivity contribution in [3.05, 3.63) is 212 Å². The highest BCUT2D eigenvalue weighted by molar-refractivity contribution is 6.04. The molecule has 9 aromatic carbocycles. The van der Waals surface area contributed by atoms with Crippen molar-refractivity contribution < 1.29 is 17.8 Å². The Hall–Kier alpha value is -6.70. The fraction of sp³-hybridized carbons (Fsp3) is 0. The predicted molar refractivity (Wildman–Crippen MR) is 218 cm³/mol. The van der Waals surface area contributed by atoms with Gasteiger partial charge in [0.1, 0.15) is 0 Å². The largest absolute Gasteiger partial charge is 0.311 e. The highest BCUT2D eigenvalue weighted by atomic mass is 15.1. The molecule has 0 saturated heterocycles. The number of anilines is 3. The van der Waals surface area contributed by atoms with Crippen LogP contribution in [0.4, 0.5) is 17.1 Å². The average molecular weight is 663 g/mol. The van der Waals surface area contributed by atoms with Crippen LogP contribution in [-0.2, 0) is 0 Å². The Morgan fingerprint density at radius 3 is 1.59 bits per heavy atom. The molecule has 240 valence electrons. The molecule has 1 nitrogen and oxygen atoms in total. The summed E-state index contributed by atoms with van der Waals surface area (Å²) in [6.07, 6.45) is 0. The minimum absolute atomic E-state index is 0.0340. The van der Waals surface area contributed by atoms with Crippen LogP contribution in [0.3, 0.4) is 0 Å². The minimum atomic E-state index is -0.734. The monoisotopic (exact) mass is 662 g/mol. The first kappa shape index (κ1) is 19.5. The van der Waals surface area contributed by atoms with E-state index in [4.69, 9.17) is 6.85 Å². The summed E-state index contributed by atoms with van der Waals surface area (Å²) in [7, 11) is 0. The fourth-order valence-electron chi connectivity index (χ4n) is 6.50. The molecule has 0 aromatic heterocycles. The van der Waals surface area contributed by atoms with Gasteiger partial charge in [-0.1, -0.05) is 176 Å². The van der Waals surface area contributed by atoms with Crippen molar-refractivity contribution in [2.24, 2.45) is 0 Å². The summed E-state index contributed by atoms with van der Waals surface area (Å²) >= 11 is 0. The van der Waals surface area contributed by atoms with E-state index in [9.17, 15) is 11.0 Å². The summed E-state index contributed by atoms with van der Waals surface area (Å²) in [4.78, 5) is 1.18. The molecule has 0 spiro atoms. The minimum Gasteiger partial charge on any atom is -0.311 e. The molecular weight excluding hydrogens is 615 g/mol. The third kappa shape index (κ3) is 5.86. The van der Waals surface area contributed by atoms with E-state index >= 15 is 0 Å². The molecule has 0 aliphatic heterocycles. The summed E-state index contributed by atoms with van der Waals surface area (Å²) in [6, 6.07) is 33.5. The second-order valence-corrected chi connectivity index (χ2v) is 11.9. The quantitative estimate of drug-likeness (QED) is 0.164. The van der Waals surface area contributed by atoms with E-state index in [0.29, 0.717) is 10.9 Å². The number of benzene rings is 9. The molecule has 0 saturated carbocycles. The molecule has 0 atom stereocenters. The molecule has 1 heteroatoms. The van der Waals surface area contributed by atoms with E-state index in [1.807, 2.05) is 91.0 Å². The van der Waals surface area contributed by atoms with Crippen molar-refractivity contribution in [2.75, 3.05) is 4.90 Å². The first-order chi connectivity index (χ1) is 30.7. The first-order valence-electron chi connectivity index (χ1n) is 23.0. The summed E-state index contributed by atoms with van der Waals surface area (Å²) in [5.41, 5.74) is 2.48. The van der Waals surface area contributed by atoms with Crippen LogP contribution >= 0.6 is 0 Å². The molecule has 9 aromatic rings. The summed E-state index contributed by atoms with van der Waals surface area (Å²) in [5.74, 6) is 0. The average Bonchev–Trinajstić information content (AvgIpc) is 3.32. The maximum absolute atomic E-state index is 9.53. The van der Waals surface area contributed by atoms with Crippen molar-refractivity contribution in [1.82, 2.24) is 0 Å². The Bertz CT molecular complexity index is 3280. The van der Waals surface area contributed by atoms with E-state index in [-0.39, 0.29) is 16.9 Å². The molecule has 0 heterocycles. The molecule has 0 fully saturated rings. The van der Waals surface area contributed by atoms with Gasteiger partial charge < -0.3 is 4.90 Å². The Balaban J connectivity index is 1.31. The Morgan fingerprint density at radius 1 is 0.314 bits per heavy atom. The normalized spacial score (nSPS) is 14.7. The zero-order chi connectivity index (χ0) is 45.3. The van der Waals surface area contributed by atoms with Gasteiger partial charge in [-0.3, -0.25) is 0 Å². The molecule has 0 amide bonds. The third-order valence-electron chi connectivity index (χ3n) is 8.91. The third-order valence-corrected chi connectivity index (χ3v) is 8.91.